The lowest BCUT2D eigenvalue weighted by Gasteiger charge is -2.12. The van der Waals surface area contributed by atoms with E-state index in [-0.39, 0.29) is 0 Å². The van der Waals surface area contributed by atoms with Crippen LogP contribution in [0.25, 0.3) is 0 Å². The van der Waals surface area contributed by atoms with Gasteiger partial charge in [-0.15, -0.1) is 10.2 Å². The van der Waals surface area contributed by atoms with Crippen molar-refractivity contribution in [2.24, 2.45) is 0 Å². The summed E-state index contributed by atoms with van der Waals surface area (Å²) in [4.78, 5) is 0. The second kappa shape index (κ2) is 2.05. The maximum atomic E-state index is 4.21. The van der Waals surface area contributed by atoms with Crippen molar-refractivity contribution in [3.8, 4) is 0 Å². The van der Waals surface area contributed by atoms with Crippen molar-refractivity contribution in [2.75, 3.05) is 6.54 Å². The molecule has 0 spiro atoms. The number of hydrogen-bond acceptors (Lipinski definition) is 2. The van der Waals surface area contributed by atoms with Crippen LogP contribution in [0.1, 0.15) is 11.6 Å². The molecule has 1 radical (unpaired) electrons. The number of aryl methyl sites for hydroxylation is 1. The van der Waals surface area contributed by atoms with Gasteiger partial charge in [0.05, 0.1) is 6.54 Å². The molecule has 4 nitrogen and oxygen atoms in total. The first-order valence-electron chi connectivity index (χ1n) is 3.40. The summed E-state index contributed by atoms with van der Waals surface area (Å²) >= 11 is 0. The Balaban J connectivity index is 2.45. The molecular weight excluding hydrogens is 128 g/mol. The Bertz CT molecular complexity index is 240. The van der Waals surface area contributed by atoms with Crippen LogP contribution in [-0.2, 0) is 13.1 Å². The summed E-state index contributed by atoms with van der Waals surface area (Å²) in [5.41, 5.74) is 0. The zero-order valence-corrected chi connectivity index (χ0v) is 5.91. The highest BCUT2D eigenvalue weighted by molar-refractivity contribution is 4.95. The Labute approximate surface area is 59.3 Å². The van der Waals surface area contributed by atoms with Gasteiger partial charge in [0.2, 0.25) is 0 Å². The fourth-order valence-electron chi connectivity index (χ4n) is 1.18. The summed E-state index contributed by atoms with van der Waals surface area (Å²) in [6.45, 7) is 4.57. The SMILES string of the molecule is Cc1nnc2n1CC[N]C2. The second-order valence-corrected chi connectivity index (χ2v) is 2.42. The molecule has 0 saturated carbocycles. The number of rotatable bonds is 0. The monoisotopic (exact) mass is 137 g/mol. The first-order chi connectivity index (χ1) is 4.88. The van der Waals surface area contributed by atoms with Gasteiger partial charge in [-0.05, 0) is 6.92 Å². The quantitative estimate of drug-likeness (QED) is 0.493. The van der Waals surface area contributed by atoms with Crippen molar-refractivity contribution >= 4 is 0 Å². The molecule has 1 aromatic rings. The fraction of sp³-hybridized carbons (Fsp3) is 0.667. The van der Waals surface area contributed by atoms with E-state index in [4.69, 9.17) is 0 Å². The Kier molecular flexibility index (Phi) is 1.20. The van der Waals surface area contributed by atoms with Crippen LogP contribution < -0.4 is 5.32 Å². The lowest BCUT2D eigenvalue weighted by molar-refractivity contribution is 0.490. The van der Waals surface area contributed by atoms with E-state index in [1.165, 1.54) is 0 Å². The van der Waals surface area contributed by atoms with Crippen LogP contribution in [-0.4, -0.2) is 21.3 Å². The average Bonchev–Trinajstić information content (AvgIpc) is 2.34. The Morgan fingerprint density at radius 1 is 1.40 bits per heavy atom. The van der Waals surface area contributed by atoms with Crippen LogP contribution in [0.2, 0.25) is 0 Å². The molecule has 53 valence electrons. The molecule has 10 heavy (non-hydrogen) atoms. The van der Waals surface area contributed by atoms with E-state index < -0.39 is 0 Å². The van der Waals surface area contributed by atoms with Gasteiger partial charge < -0.3 is 4.57 Å². The third-order valence-electron chi connectivity index (χ3n) is 1.75. The van der Waals surface area contributed by atoms with Gasteiger partial charge in [0.1, 0.15) is 11.6 Å². The maximum Gasteiger partial charge on any atom is 0.148 e. The highest BCUT2D eigenvalue weighted by atomic mass is 15.3. The van der Waals surface area contributed by atoms with Crippen molar-refractivity contribution in [3.05, 3.63) is 11.6 Å². The first-order valence-corrected chi connectivity index (χ1v) is 3.40. The molecule has 0 unspecified atom stereocenters. The topological polar surface area (TPSA) is 44.8 Å². The van der Waals surface area contributed by atoms with Crippen molar-refractivity contribution in [2.45, 2.75) is 20.0 Å². The third kappa shape index (κ3) is 0.724. The molecule has 0 amide bonds. The lowest BCUT2D eigenvalue weighted by Crippen LogP contribution is -2.23. The molecule has 0 aliphatic carbocycles. The third-order valence-corrected chi connectivity index (χ3v) is 1.75. The van der Waals surface area contributed by atoms with E-state index in [9.17, 15) is 0 Å². The molecule has 1 aromatic heterocycles. The van der Waals surface area contributed by atoms with Crippen molar-refractivity contribution in [1.29, 1.82) is 0 Å². The molecule has 0 atom stereocenters. The zero-order valence-electron chi connectivity index (χ0n) is 5.91. The van der Waals surface area contributed by atoms with Crippen molar-refractivity contribution in [3.63, 3.8) is 0 Å². The van der Waals surface area contributed by atoms with E-state index >= 15 is 0 Å². The predicted molar refractivity (Wildman–Crippen MR) is 35.5 cm³/mol. The smallest absolute Gasteiger partial charge is 0.148 e. The minimum absolute atomic E-state index is 0.737. The van der Waals surface area contributed by atoms with E-state index in [0.29, 0.717) is 0 Å². The minimum atomic E-state index is 0.737. The highest BCUT2D eigenvalue weighted by Gasteiger charge is 2.12. The van der Waals surface area contributed by atoms with Crippen LogP contribution in [0.3, 0.4) is 0 Å². The summed E-state index contributed by atoms with van der Waals surface area (Å²) in [5, 5.41) is 12.1. The van der Waals surface area contributed by atoms with Gasteiger partial charge in [0.25, 0.3) is 0 Å². The molecule has 0 N–H and O–H groups in total. The molecule has 0 aromatic carbocycles. The van der Waals surface area contributed by atoms with Crippen LogP contribution in [0.15, 0.2) is 0 Å². The van der Waals surface area contributed by atoms with Gasteiger partial charge in [0, 0.05) is 13.1 Å². The van der Waals surface area contributed by atoms with Crippen LogP contribution in [0.5, 0.6) is 0 Å². The first kappa shape index (κ1) is 5.85. The molecule has 0 saturated heterocycles. The zero-order chi connectivity index (χ0) is 6.97. The Morgan fingerprint density at radius 3 is 3.10 bits per heavy atom. The molecule has 4 heteroatoms. The summed E-state index contributed by atoms with van der Waals surface area (Å²) < 4.78 is 2.12. The Morgan fingerprint density at radius 2 is 2.30 bits per heavy atom. The fourth-order valence-corrected chi connectivity index (χ4v) is 1.18. The van der Waals surface area contributed by atoms with Gasteiger partial charge in [-0.1, -0.05) is 0 Å². The normalized spacial score (nSPS) is 16.9. The second-order valence-electron chi connectivity index (χ2n) is 2.42. The maximum absolute atomic E-state index is 4.21. The van der Waals surface area contributed by atoms with E-state index in [2.05, 4.69) is 20.1 Å². The van der Waals surface area contributed by atoms with Gasteiger partial charge in [-0.25, -0.2) is 5.32 Å². The van der Waals surface area contributed by atoms with Crippen molar-refractivity contribution in [1.82, 2.24) is 20.1 Å². The van der Waals surface area contributed by atoms with Gasteiger partial charge in [-0.2, -0.15) is 0 Å². The van der Waals surface area contributed by atoms with Crippen LogP contribution in [0.4, 0.5) is 0 Å². The van der Waals surface area contributed by atoms with Crippen molar-refractivity contribution < 1.29 is 0 Å². The average molecular weight is 137 g/mol. The Hall–Kier alpha value is -0.900. The molecule has 0 bridgehead atoms. The summed E-state index contributed by atoms with van der Waals surface area (Å²) in [7, 11) is 0. The molecule has 0 fully saturated rings. The van der Waals surface area contributed by atoms with Crippen LogP contribution in [0, 0.1) is 6.92 Å². The minimum Gasteiger partial charge on any atom is -0.313 e. The van der Waals surface area contributed by atoms with E-state index in [1.807, 2.05) is 6.92 Å². The molecule has 2 heterocycles. The van der Waals surface area contributed by atoms with Gasteiger partial charge >= 0.3 is 0 Å². The van der Waals surface area contributed by atoms with Gasteiger partial charge in [-0.3, -0.25) is 0 Å². The predicted octanol–water partition coefficient (Wildman–Crippen LogP) is -0.295. The standard InChI is InChI=1S/C6H9N4/c1-5-8-9-6-4-7-2-3-10(5)6/h2-4H2,1H3. The number of hydrogen-bond donors (Lipinski definition) is 0. The number of aromatic nitrogens is 3. The molecular formula is C6H9N4. The summed E-state index contributed by atoms with van der Waals surface area (Å²) in [6.07, 6.45) is 0. The van der Waals surface area contributed by atoms with E-state index in [0.717, 1.165) is 31.3 Å². The summed E-state index contributed by atoms with van der Waals surface area (Å²) in [6, 6.07) is 0. The molecule has 2 rings (SSSR count). The molecule has 1 aliphatic heterocycles. The van der Waals surface area contributed by atoms with Gasteiger partial charge in [0.15, 0.2) is 0 Å². The lowest BCUT2D eigenvalue weighted by atomic mass is 10.4. The molecule has 1 aliphatic rings. The summed E-state index contributed by atoms with van der Waals surface area (Å²) in [5.74, 6) is 2.01. The highest BCUT2D eigenvalue weighted by Crippen LogP contribution is 2.04. The number of fused-ring (bicyclic) bond motifs is 1. The number of nitrogens with zero attached hydrogens (tertiary/aromatic N) is 4. The van der Waals surface area contributed by atoms with Crippen LogP contribution >= 0.6 is 0 Å². The van der Waals surface area contributed by atoms with E-state index in [1.54, 1.807) is 0 Å². The largest absolute Gasteiger partial charge is 0.313 e.